The summed E-state index contributed by atoms with van der Waals surface area (Å²) in [6.07, 6.45) is 2.98. The average molecular weight is 514 g/mol. The summed E-state index contributed by atoms with van der Waals surface area (Å²) in [5.41, 5.74) is 5.28. The minimum absolute atomic E-state index is 0. The molecule has 0 spiro atoms. The third-order valence-electron chi connectivity index (χ3n) is 5.42. The van der Waals surface area contributed by atoms with E-state index in [2.05, 4.69) is 82.6 Å². The van der Waals surface area contributed by atoms with Crippen LogP contribution in [0.3, 0.4) is 0 Å². The van der Waals surface area contributed by atoms with Crippen LogP contribution in [-0.4, -0.2) is 15.4 Å². The first-order valence-corrected chi connectivity index (χ1v) is 11.1. The minimum Gasteiger partial charge on any atom is -1.00 e. The van der Waals surface area contributed by atoms with Gasteiger partial charge in [-0.3, -0.25) is 0 Å². The summed E-state index contributed by atoms with van der Waals surface area (Å²) in [6, 6.07) is 26.2. The molecule has 152 valence electrons. The van der Waals surface area contributed by atoms with E-state index in [-0.39, 0.29) is 37.3 Å². The maximum atomic E-state index is 9.56. The van der Waals surface area contributed by atoms with Crippen LogP contribution in [-0.2, 0) is 24.2 Å². The van der Waals surface area contributed by atoms with Crippen molar-refractivity contribution in [1.29, 1.82) is 0 Å². The van der Waals surface area contributed by atoms with E-state index in [1.165, 1.54) is 68.0 Å². The van der Waals surface area contributed by atoms with Gasteiger partial charge >= 0.3 is 34.9 Å². The van der Waals surface area contributed by atoms with Gasteiger partial charge in [0.25, 0.3) is 0 Å². The topological polar surface area (TPSA) is 20.2 Å². The summed E-state index contributed by atoms with van der Waals surface area (Å²) in [5.74, 6) is 0.240. The molecule has 5 rings (SSSR count). The van der Waals surface area contributed by atoms with E-state index in [4.69, 9.17) is 0 Å². The van der Waals surface area contributed by atoms with Gasteiger partial charge in [-0.05, 0) is 17.5 Å². The van der Waals surface area contributed by atoms with Crippen molar-refractivity contribution in [3.63, 3.8) is 0 Å². The maximum absolute atomic E-state index is 9.56. The second-order valence-corrected chi connectivity index (χ2v) is 8.50. The number of rotatable bonds is 3. The van der Waals surface area contributed by atoms with Gasteiger partial charge in [-0.25, -0.2) is 0 Å². The van der Waals surface area contributed by atoms with Gasteiger partial charge in [-0.2, -0.15) is 0 Å². The van der Waals surface area contributed by atoms with E-state index in [0.717, 1.165) is 6.42 Å². The first-order valence-electron chi connectivity index (χ1n) is 9.71. The Kier molecular flexibility index (Phi) is 9.32. The van der Waals surface area contributed by atoms with Gasteiger partial charge in [0.05, 0.1) is 0 Å². The van der Waals surface area contributed by atoms with Crippen molar-refractivity contribution < 1.29 is 54.2 Å². The third-order valence-corrected chi connectivity index (χ3v) is 5.42. The first kappa shape index (κ1) is 24.8. The van der Waals surface area contributed by atoms with Gasteiger partial charge in [0, 0.05) is 12.5 Å². The molecule has 0 aromatic heterocycles. The van der Waals surface area contributed by atoms with Crippen molar-refractivity contribution in [2.75, 3.05) is 6.61 Å². The minimum atomic E-state index is 0. The molecule has 4 aromatic rings. The standard InChI is InChI=1S/C24H19O.C2H4.2ClH.Zr/c25-13-12-18-14-16-6-2-4-9-20(16)24(18)22-11-5-10-21-19-8-3-1-7-17(19)15-23(21)22;1-2;;;/h1-11,14-15,24-25H,12-13H2;1H,2H3;2*1H;/q-1;;;;+2/p-2. The maximum Gasteiger partial charge on any atom is 0.0468 e. The van der Waals surface area contributed by atoms with E-state index < -0.39 is 0 Å². The molecule has 1 nitrogen and oxygen atoms in total. The van der Waals surface area contributed by atoms with Gasteiger partial charge in [0.1, 0.15) is 0 Å². The molecule has 1 atom stereocenters. The van der Waals surface area contributed by atoms with E-state index in [1.54, 1.807) is 0 Å². The third kappa shape index (κ3) is 4.58. The molecule has 0 amide bonds. The molecule has 1 aliphatic carbocycles. The Labute approximate surface area is 205 Å². The average Bonchev–Trinajstić information content (AvgIpc) is 3.27. The largest absolute Gasteiger partial charge is 1.00 e. The quantitative estimate of drug-likeness (QED) is 0.382. The van der Waals surface area contributed by atoms with Crippen molar-refractivity contribution in [2.24, 2.45) is 0 Å². The fraction of sp³-hybridized carbons (Fsp3) is 0.154. The Balaban J connectivity index is 0.000000607. The number of benzene rings is 3. The van der Waals surface area contributed by atoms with Gasteiger partial charge in [-0.15, -0.1) is 33.7 Å². The summed E-state index contributed by atoms with van der Waals surface area (Å²) in [6.45, 7) is 2.23. The summed E-state index contributed by atoms with van der Waals surface area (Å²) in [7, 11) is 0. The number of halogens is 2. The van der Waals surface area contributed by atoms with Gasteiger partial charge in [-0.1, -0.05) is 77.9 Å². The molecule has 0 heterocycles. The fourth-order valence-electron chi connectivity index (χ4n) is 4.36. The Morgan fingerprint density at radius 1 is 0.900 bits per heavy atom. The molecule has 30 heavy (non-hydrogen) atoms. The van der Waals surface area contributed by atoms with Crippen LogP contribution in [0.15, 0.2) is 78.4 Å². The number of hydrogen-bond donors (Lipinski definition) is 1. The molecule has 1 aliphatic rings. The van der Waals surface area contributed by atoms with Crippen LogP contribution in [0, 0.1) is 0 Å². The smallest absolute Gasteiger partial charge is 0.0468 e. The molecular weight excluding hydrogens is 490 g/mol. The molecular formula is C26H23Cl2OZr-. The van der Waals surface area contributed by atoms with Crippen LogP contribution in [0.2, 0.25) is 0 Å². The Bertz CT molecular complexity index is 1180. The summed E-state index contributed by atoms with van der Waals surface area (Å²) >= 11 is 1.51. The van der Waals surface area contributed by atoms with Crippen LogP contribution in [0.5, 0.6) is 0 Å². The molecule has 1 unspecified atom stereocenters. The van der Waals surface area contributed by atoms with Crippen LogP contribution < -0.4 is 24.8 Å². The summed E-state index contributed by atoms with van der Waals surface area (Å²) in [5, 5.41) is 14.8. The van der Waals surface area contributed by atoms with Gasteiger partial charge in [0.15, 0.2) is 0 Å². The number of hydrogen-bond acceptors (Lipinski definition) is 1. The zero-order valence-corrected chi connectivity index (χ0v) is 20.7. The first-order chi connectivity index (χ1) is 13.8. The summed E-state index contributed by atoms with van der Waals surface area (Å²) < 4.78 is 2.09. The van der Waals surface area contributed by atoms with Crippen molar-refractivity contribution >= 4 is 31.3 Å². The van der Waals surface area contributed by atoms with Crippen molar-refractivity contribution in [3.05, 3.63) is 95.1 Å². The molecule has 0 radical (unpaired) electrons. The number of aliphatic hydroxyl groups excluding tert-OH is 1. The zero-order valence-electron chi connectivity index (χ0n) is 16.8. The van der Waals surface area contributed by atoms with Crippen LogP contribution >= 0.6 is 0 Å². The molecule has 0 bridgehead atoms. The second kappa shape index (κ2) is 11.3. The van der Waals surface area contributed by atoms with Crippen LogP contribution in [0.25, 0.3) is 27.6 Å². The molecule has 0 fully saturated rings. The van der Waals surface area contributed by atoms with Gasteiger partial charge < -0.3 is 29.9 Å². The Morgan fingerprint density at radius 2 is 1.53 bits per heavy atom. The normalized spacial score (nSPS) is 14.1. The molecule has 1 N–H and O–H groups in total. The van der Waals surface area contributed by atoms with Crippen LogP contribution in [0.4, 0.5) is 0 Å². The Morgan fingerprint density at radius 3 is 2.30 bits per heavy atom. The molecule has 4 aromatic carbocycles. The predicted octanol–water partition coefficient (Wildman–Crippen LogP) is -0.0135. The van der Waals surface area contributed by atoms with Crippen molar-refractivity contribution in [1.82, 2.24) is 0 Å². The predicted molar refractivity (Wildman–Crippen MR) is 117 cm³/mol. The van der Waals surface area contributed by atoms with E-state index in [9.17, 15) is 5.11 Å². The second-order valence-electron chi connectivity index (χ2n) is 7.08. The van der Waals surface area contributed by atoms with Gasteiger partial charge in [0.2, 0.25) is 0 Å². The van der Waals surface area contributed by atoms with Crippen molar-refractivity contribution in [2.45, 2.75) is 19.3 Å². The van der Waals surface area contributed by atoms with Crippen LogP contribution in [0.1, 0.15) is 36.0 Å². The molecule has 4 heteroatoms. The number of fused-ring (bicyclic) bond motifs is 4. The summed E-state index contributed by atoms with van der Waals surface area (Å²) in [4.78, 5) is 0. The fourth-order valence-corrected chi connectivity index (χ4v) is 4.36. The van der Waals surface area contributed by atoms with E-state index >= 15 is 0 Å². The monoisotopic (exact) mass is 511 g/mol. The van der Waals surface area contributed by atoms with E-state index in [0.29, 0.717) is 0 Å². The SMILES string of the molecule is C[CH]=[Zr+2].OCCC1=Cc2ccccc2C1c1cccc2c1[cH-]c1ccccc12.[Cl-].[Cl-]. The van der Waals surface area contributed by atoms with E-state index in [1.807, 2.05) is 6.92 Å². The molecule has 0 saturated heterocycles. The van der Waals surface area contributed by atoms with Crippen molar-refractivity contribution in [3.8, 4) is 0 Å². The Hall–Kier alpha value is -1.44. The zero-order chi connectivity index (χ0) is 19.5. The number of aliphatic hydroxyl groups is 1. The molecule has 0 saturated carbocycles. The molecule has 0 aliphatic heterocycles.